The predicted octanol–water partition coefficient (Wildman–Crippen LogP) is 1.61. The van der Waals surface area contributed by atoms with E-state index in [0.29, 0.717) is 5.69 Å². The van der Waals surface area contributed by atoms with E-state index in [-0.39, 0.29) is 6.42 Å². The quantitative estimate of drug-likeness (QED) is 0.612. The Morgan fingerprint density at radius 3 is 2.62 bits per heavy atom. The minimum absolute atomic E-state index is 0.152. The number of hydrogen-bond acceptors (Lipinski definition) is 1. The van der Waals surface area contributed by atoms with Gasteiger partial charge in [-0.05, 0) is 6.07 Å². The molecule has 0 spiro atoms. The topological polar surface area (TPSA) is 17.8 Å². The Kier molecular flexibility index (Phi) is 2.32. The van der Waals surface area contributed by atoms with E-state index >= 15 is 0 Å². The van der Waals surface area contributed by atoms with Gasteiger partial charge in [0.25, 0.3) is 0 Å². The summed E-state index contributed by atoms with van der Waals surface area (Å²) in [4.78, 5) is 0. The highest BCUT2D eigenvalue weighted by molar-refractivity contribution is 5.17. The fraction of sp³-hybridized carbons (Fsp3) is 0.375. The van der Waals surface area contributed by atoms with Crippen molar-refractivity contribution in [2.24, 2.45) is 7.05 Å². The zero-order valence-corrected chi connectivity index (χ0v) is 6.89. The molecule has 0 amide bonds. The van der Waals surface area contributed by atoms with E-state index < -0.39 is 11.9 Å². The lowest BCUT2D eigenvalue weighted by Gasteiger charge is -1.99. The number of halogens is 3. The summed E-state index contributed by atoms with van der Waals surface area (Å²) in [7, 11) is 1.43. The van der Waals surface area contributed by atoms with Crippen molar-refractivity contribution in [3.63, 3.8) is 0 Å². The second-order valence-corrected chi connectivity index (χ2v) is 2.52. The van der Waals surface area contributed by atoms with Gasteiger partial charge in [0.05, 0.1) is 12.1 Å². The standard InChI is InChI=1S/C8H7F3N2/c1-3-4-6-5-7(8(9,10)11)12-13(6)2/h1,5H,4H2,2H3. The number of terminal acetylenes is 1. The van der Waals surface area contributed by atoms with Gasteiger partial charge in [-0.1, -0.05) is 0 Å². The van der Waals surface area contributed by atoms with Crippen LogP contribution in [-0.2, 0) is 19.6 Å². The van der Waals surface area contributed by atoms with Crippen LogP contribution >= 0.6 is 0 Å². The van der Waals surface area contributed by atoms with Crippen LogP contribution in [0, 0.1) is 12.3 Å². The van der Waals surface area contributed by atoms with Crippen LogP contribution in [0.15, 0.2) is 6.07 Å². The molecule has 0 fully saturated rings. The molecule has 70 valence electrons. The summed E-state index contributed by atoms with van der Waals surface area (Å²) in [5.41, 5.74) is -0.518. The Morgan fingerprint density at radius 2 is 2.23 bits per heavy atom. The van der Waals surface area contributed by atoms with Gasteiger partial charge < -0.3 is 0 Å². The van der Waals surface area contributed by atoms with E-state index in [4.69, 9.17) is 6.42 Å². The Hall–Kier alpha value is -1.44. The molecular formula is C8H7F3N2. The van der Waals surface area contributed by atoms with Crippen LogP contribution in [0.4, 0.5) is 13.2 Å². The molecule has 0 saturated heterocycles. The van der Waals surface area contributed by atoms with Crippen LogP contribution in [0.5, 0.6) is 0 Å². The highest BCUT2D eigenvalue weighted by atomic mass is 19.4. The number of rotatable bonds is 1. The van der Waals surface area contributed by atoms with Crippen molar-refractivity contribution in [1.29, 1.82) is 0 Å². The minimum atomic E-state index is -4.40. The van der Waals surface area contributed by atoms with E-state index in [1.54, 1.807) is 0 Å². The normalized spacial score (nSPS) is 11.3. The smallest absolute Gasteiger partial charge is 0.271 e. The molecule has 0 unspecified atom stereocenters. The maximum atomic E-state index is 12.1. The van der Waals surface area contributed by atoms with Crippen LogP contribution in [-0.4, -0.2) is 9.78 Å². The van der Waals surface area contributed by atoms with E-state index in [1.807, 2.05) is 0 Å². The van der Waals surface area contributed by atoms with Crippen LogP contribution in [0.1, 0.15) is 11.4 Å². The summed E-state index contributed by atoms with van der Waals surface area (Å²) in [6.45, 7) is 0. The summed E-state index contributed by atoms with van der Waals surface area (Å²) < 4.78 is 37.4. The summed E-state index contributed by atoms with van der Waals surface area (Å²) in [5, 5.41) is 3.30. The Labute approximate surface area is 73.4 Å². The molecule has 0 bridgehead atoms. The van der Waals surface area contributed by atoms with Crippen LogP contribution < -0.4 is 0 Å². The fourth-order valence-corrected chi connectivity index (χ4v) is 0.914. The van der Waals surface area contributed by atoms with E-state index in [9.17, 15) is 13.2 Å². The van der Waals surface area contributed by atoms with Gasteiger partial charge in [0, 0.05) is 7.05 Å². The molecule has 1 rings (SSSR count). The third-order valence-electron chi connectivity index (χ3n) is 1.55. The third kappa shape index (κ3) is 2.02. The van der Waals surface area contributed by atoms with E-state index in [1.165, 1.54) is 7.05 Å². The molecule has 0 aliphatic heterocycles. The Bertz CT molecular complexity index is 343. The molecule has 0 atom stereocenters. The summed E-state index contributed by atoms with van der Waals surface area (Å²) in [6.07, 6.45) is 0.730. The van der Waals surface area contributed by atoms with Gasteiger partial charge >= 0.3 is 6.18 Å². The second kappa shape index (κ2) is 3.13. The maximum Gasteiger partial charge on any atom is 0.435 e. The highest BCUT2D eigenvalue weighted by Gasteiger charge is 2.34. The zero-order chi connectivity index (χ0) is 10.1. The van der Waals surface area contributed by atoms with Gasteiger partial charge in [-0.25, -0.2) is 0 Å². The fourth-order valence-electron chi connectivity index (χ4n) is 0.914. The lowest BCUT2D eigenvalue weighted by Crippen LogP contribution is -2.06. The molecule has 1 heterocycles. The monoisotopic (exact) mass is 188 g/mol. The second-order valence-electron chi connectivity index (χ2n) is 2.52. The van der Waals surface area contributed by atoms with Crippen molar-refractivity contribution in [2.45, 2.75) is 12.6 Å². The molecule has 2 nitrogen and oxygen atoms in total. The number of aryl methyl sites for hydroxylation is 1. The van der Waals surface area contributed by atoms with Crippen molar-refractivity contribution in [3.8, 4) is 12.3 Å². The minimum Gasteiger partial charge on any atom is -0.271 e. The molecule has 13 heavy (non-hydrogen) atoms. The average molecular weight is 188 g/mol. The first-order chi connectivity index (χ1) is 5.95. The van der Waals surface area contributed by atoms with Gasteiger partial charge in [-0.2, -0.15) is 18.3 Å². The van der Waals surface area contributed by atoms with Gasteiger partial charge in [-0.15, -0.1) is 12.3 Å². The van der Waals surface area contributed by atoms with Crippen molar-refractivity contribution in [2.75, 3.05) is 0 Å². The molecule has 0 aliphatic rings. The molecule has 0 aromatic carbocycles. The molecule has 5 heteroatoms. The first-order valence-corrected chi connectivity index (χ1v) is 3.48. The van der Waals surface area contributed by atoms with Crippen molar-refractivity contribution in [3.05, 3.63) is 17.5 Å². The first kappa shape index (κ1) is 9.65. The van der Waals surface area contributed by atoms with Crippen LogP contribution in [0.25, 0.3) is 0 Å². The lowest BCUT2D eigenvalue weighted by atomic mass is 10.3. The number of nitrogens with zero attached hydrogens (tertiary/aromatic N) is 2. The van der Waals surface area contributed by atoms with E-state index in [2.05, 4.69) is 11.0 Å². The molecule has 1 aromatic rings. The predicted molar refractivity (Wildman–Crippen MR) is 40.7 cm³/mol. The Morgan fingerprint density at radius 1 is 1.62 bits per heavy atom. The van der Waals surface area contributed by atoms with Gasteiger partial charge in [0.15, 0.2) is 5.69 Å². The molecule has 0 N–H and O–H groups in total. The van der Waals surface area contributed by atoms with Crippen LogP contribution in [0.3, 0.4) is 0 Å². The van der Waals surface area contributed by atoms with Gasteiger partial charge in [-0.3, -0.25) is 4.68 Å². The molecule has 0 aliphatic carbocycles. The molecule has 1 aromatic heterocycles. The molecular weight excluding hydrogens is 181 g/mol. The largest absolute Gasteiger partial charge is 0.435 e. The summed E-state index contributed by atoms with van der Waals surface area (Å²) >= 11 is 0. The lowest BCUT2D eigenvalue weighted by molar-refractivity contribution is -0.141. The highest BCUT2D eigenvalue weighted by Crippen LogP contribution is 2.28. The van der Waals surface area contributed by atoms with Crippen molar-refractivity contribution < 1.29 is 13.2 Å². The van der Waals surface area contributed by atoms with Crippen molar-refractivity contribution in [1.82, 2.24) is 9.78 Å². The number of aromatic nitrogens is 2. The number of alkyl halides is 3. The van der Waals surface area contributed by atoms with Gasteiger partial charge in [0.1, 0.15) is 0 Å². The summed E-state index contributed by atoms with van der Waals surface area (Å²) in [5.74, 6) is 2.26. The summed E-state index contributed by atoms with van der Waals surface area (Å²) in [6, 6.07) is 0.958. The molecule has 0 radical (unpaired) electrons. The van der Waals surface area contributed by atoms with Crippen LogP contribution in [0.2, 0.25) is 0 Å². The zero-order valence-electron chi connectivity index (χ0n) is 6.89. The third-order valence-corrected chi connectivity index (χ3v) is 1.55. The first-order valence-electron chi connectivity index (χ1n) is 3.48. The number of hydrogen-bond donors (Lipinski definition) is 0. The van der Waals surface area contributed by atoms with Crippen molar-refractivity contribution >= 4 is 0 Å². The maximum absolute atomic E-state index is 12.1. The van der Waals surface area contributed by atoms with E-state index in [0.717, 1.165) is 10.7 Å². The Balaban J connectivity index is 3.04. The molecule has 0 saturated carbocycles. The average Bonchev–Trinajstić information content (AvgIpc) is 2.32. The SMILES string of the molecule is C#CCc1cc(C(F)(F)F)nn1C. The van der Waals surface area contributed by atoms with Gasteiger partial charge in [0.2, 0.25) is 0 Å².